The first-order chi connectivity index (χ1) is 9.39. The van der Waals surface area contributed by atoms with Gasteiger partial charge in [0.25, 0.3) is 0 Å². The molecule has 3 N–H and O–H groups in total. The van der Waals surface area contributed by atoms with E-state index in [1.54, 1.807) is 18.3 Å². The Kier molecular flexibility index (Phi) is 3.83. The van der Waals surface area contributed by atoms with Gasteiger partial charge in [0.1, 0.15) is 5.82 Å². The van der Waals surface area contributed by atoms with Crippen LogP contribution < -0.4 is 11.1 Å². The molecule has 0 saturated carbocycles. The molecule has 0 aliphatic rings. The quantitative estimate of drug-likeness (QED) is 0.903. The van der Waals surface area contributed by atoms with Gasteiger partial charge in [-0.05, 0) is 30.2 Å². The van der Waals surface area contributed by atoms with Crippen molar-refractivity contribution in [2.75, 3.05) is 11.1 Å². The van der Waals surface area contributed by atoms with Crippen molar-refractivity contribution in [3.63, 3.8) is 0 Å². The monoisotopic (exact) mass is 281 g/mol. The van der Waals surface area contributed by atoms with Crippen LogP contribution in [0.2, 0.25) is 0 Å². The molecule has 0 spiro atoms. The summed E-state index contributed by atoms with van der Waals surface area (Å²) in [6.45, 7) is 1.82. The lowest BCUT2D eigenvalue weighted by Gasteiger charge is -2.14. The van der Waals surface area contributed by atoms with Crippen molar-refractivity contribution < 1.29 is 13.2 Å². The van der Waals surface area contributed by atoms with E-state index in [-0.39, 0.29) is 12.1 Å². The highest BCUT2D eigenvalue weighted by molar-refractivity contribution is 5.65. The Morgan fingerprint density at radius 3 is 2.60 bits per heavy atom. The van der Waals surface area contributed by atoms with E-state index in [0.29, 0.717) is 11.5 Å². The molecule has 0 amide bonds. The molecule has 6 heteroatoms. The van der Waals surface area contributed by atoms with Crippen LogP contribution in [0.3, 0.4) is 0 Å². The second-order valence-corrected chi connectivity index (χ2v) is 4.40. The summed E-state index contributed by atoms with van der Waals surface area (Å²) in [4.78, 5) is 4.03. The summed E-state index contributed by atoms with van der Waals surface area (Å²) in [5, 5.41) is 2.85. The molecule has 0 aliphatic carbocycles. The van der Waals surface area contributed by atoms with Gasteiger partial charge in [-0.25, -0.2) is 4.98 Å². The summed E-state index contributed by atoms with van der Waals surface area (Å²) in [6.07, 6.45) is -2.81. The molecule has 20 heavy (non-hydrogen) atoms. The third-order valence-corrected chi connectivity index (χ3v) is 2.98. The number of nitrogens with one attached hydrogen (secondary N) is 1. The molecule has 1 aromatic carbocycles. The van der Waals surface area contributed by atoms with Crippen molar-refractivity contribution in [3.8, 4) is 0 Å². The van der Waals surface area contributed by atoms with Crippen LogP contribution in [0.4, 0.5) is 24.7 Å². The van der Waals surface area contributed by atoms with E-state index in [0.717, 1.165) is 11.6 Å². The standard InChI is InChI=1S/C14H14F3N3/c1-9-6-7-19-13(12(9)18)20-8-10-4-2-3-5-11(10)14(15,16)17/h2-7H,8,18H2,1H3,(H,19,20). The minimum Gasteiger partial charge on any atom is -0.396 e. The van der Waals surface area contributed by atoms with Gasteiger partial charge in [0, 0.05) is 12.7 Å². The van der Waals surface area contributed by atoms with Crippen LogP contribution in [-0.2, 0) is 12.7 Å². The largest absolute Gasteiger partial charge is 0.416 e. The summed E-state index contributed by atoms with van der Waals surface area (Å²) in [5.74, 6) is 0.391. The average Bonchev–Trinajstić information content (AvgIpc) is 2.40. The predicted octanol–water partition coefficient (Wildman–Crippen LogP) is 3.60. The van der Waals surface area contributed by atoms with E-state index in [4.69, 9.17) is 5.73 Å². The first kappa shape index (κ1) is 14.2. The second kappa shape index (κ2) is 5.40. The molecule has 2 rings (SSSR count). The number of nitrogens with two attached hydrogens (primary N) is 1. The van der Waals surface area contributed by atoms with Gasteiger partial charge >= 0.3 is 6.18 Å². The van der Waals surface area contributed by atoms with E-state index in [1.165, 1.54) is 12.1 Å². The molecule has 2 aromatic rings. The van der Waals surface area contributed by atoms with Crippen molar-refractivity contribution in [2.45, 2.75) is 19.6 Å². The predicted molar refractivity (Wildman–Crippen MR) is 72.2 cm³/mol. The molecule has 0 saturated heterocycles. The highest BCUT2D eigenvalue weighted by Gasteiger charge is 2.32. The van der Waals surface area contributed by atoms with Gasteiger partial charge in [-0.15, -0.1) is 0 Å². The number of pyridine rings is 1. The molecule has 0 aliphatic heterocycles. The third kappa shape index (κ3) is 3.01. The van der Waals surface area contributed by atoms with Gasteiger partial charge < -0.3 is 11.1 Å². The Morgan fingerprint density at radius 1 is 1.20 bits per heavy atom. The Bertz CT molecular complexity index is 609. The van der Waals surface area contributed by atoms with Gasteiger partial charge in [-0.1, -0.05) is 18.2 Å². The number of alkyl halides is 3. The summed E-state index contributed by atoms with van der Waals surface area (Å²) in [6, 6.07) is 7.17. The van der Waals surface area contributed by atoms with Crippen LogP contribution in [0.25, 0.3) is 0 Å². The number of hydrogen-bond donors (Lipinski definition) is 2. The zero-order valence-corrected chi connectivity index (χ0v) is 10.8. The summed E-state index contributed by atoms with van der Waals surface area (Å²) in [7, 11) is 0. The Morgan fingerprint density at radius 2 is 1.90 bits per heavy atom. The maximum absolute atomic E-state index is 12.8. The van der Waals surface area contributed by atoms with E-state index in [2.05, 4.69) is 10.3 Å². The summed E-state index contributed by atoms with van der Waals surface area (Å²) < 4.78 is 38.5. The van der Waals surface area contributed by atoms with Crippen LogP contribution in [0.5, 0.6) is 0 Å². The van der Waals surface area contributed by atoms with Gasteiger partial charge in [0.15, 0.2) is 0 Å². The number of hydrogen-bond acceptors (Lipinski definition) is 3. The Hall–Kier alpha value is -2.24. The van der Waals surface area contributed by atoms with Crippen LogP contribution in [0, 0.1) is 6.92 Å². The minimum atomic E-state index is -4.37. The molecule has 3 nitrogen and oxygen atoms in total. The van der Waals surface area contributed by atoms with Crippen molar-refractivity contribution in [3.05, 3.63) is 53.2 Å². The number of aryl methyl sites for hydroxylation is 1. The van der Waals surface area contributed by atoms with E-state index in [9.17, 15) is 13.2 Å². The first-order valence-electron chi connectivity index (χ1n) is 5.99. The number of aromatic nitrogens is 1. The topological polar surface area (TPSA) is 50.9 Å². The molecule has 0 radical (unpaired) electrons. The Labute approximate surface area is 114 Å². The number of nitrogens with zero attached hydrogens (tertiary/aromatic N) is 1. The maximum atomic E-state index is 12.8. The zero-order chi connectivity index (χ0) is 14.8. The molecule has 0 bridgehead atoms. The van der Waals surface area contributed by atoms with E-state index < -0.39 is 11.7 Å². The van der Waals surface area contributed by atoms with Gasteiger partial charge in [-0.2, -0.15) is 13.2 Å². The number of halogens is 3. The molecule has 1 aromatic heterocycles. The van der Waals surface area contributed by atoms with Crippen LogP contribution >= 0.6 is 0 Å². The molecule has 106 valence electrons. The van der Waals surface area contributed by atoms with Crippen LogP contribution in [0.15, 0.2) is 36.5 Å². The molecule has 0 fully saturated rings. The van der Waals surface area contributed by atoms with Crippen LogP contribution in [0.1, 0.15) is 16.7 Å². The smallest absolute Gasteiger partial charge is 0.396 e. The zero-order valence-electron chi connectivity index (χ0n) is 10.8. The van der Waals surface area contributed by atoms with Crippen molar-refractivity contribution in [1.82, 2.24) is 4.98 Å². The SMILES string of the molecule is Cc1ccnc(NCc2ccccc2C(F)(F)F)c1N. The lowest BCUT2D eigenvalue weighted by atomic mass is 10.1. The normalized spacial score (nSPS) is 11.4. The lowest BCUT2D eigenvalue weighted by Crippen LogP contribution is -2.12. The number of anilines is 2. The van der Waals surface area contributed by atoms with Crippen molar-refractivity contribution in [1.29, 1.82) is 0 Å². The van der Waals surface area contributed by atoms with Crippen molar-refractivity contribution in [2.24, 2.45) is 0 Å². The van der Waals surface area contributed by atoms with E-state index >= 15 is 0 Å². The summed E-state index contributed by atoms with van der Waals surface area (Å²) in [5.41, 5.74) is 6.59. The molecule has 0 unspecified atom stereocenters. The molecule has 1 heterocycles. The number of rotatable bonds is 3. The van der Waals surface area contributed by atoms with Gasteiger partial charge in [0.2, 0.25) is 0 Å². The van der Waals surface area contributed by atoms with Gasteiger partial charge in [0.05, 0.1) is 11.3 Å². The molecule has 0 atom stereocenters. The fraction of sp³-hybridized carbons (Fsp3) is 0.214. The maximum Gasteiger partial charge on any atom is 0.416 e. The Balaban J connectivity index is 2.22. The molecular formula is C14H14F3N3. The van der Waals surface area contributed by atoms with Crippen LogP contribution in [-0.4, -0.2) is 4.98 Å². The first-order valence-corrected chi connectivity index (χ1v) is 5.99. The number of nitrogen functional groups attached to an aromatic ring is 1. The van der Waals surface area contributed by atoms with E-state index in [1.807, 2.05) is 6.92 Å². The lowest BCUT2D eigenvalue weighted by molar-refractivity contribution is -0.138. The highest BCUT2D eigenvalue weighted by Crippen LogP contribution is 2.32. The fourth-order valence-electron chi connectivity index (χ4n) is 1.84. The van der Waals surface area contributed by atoms with Crippen molar-refractivity contribution >= 4 is 11.5 Å². The highest BCUT2D eigenvalue weighted by atomic mass is 19.4. The third-order valence-electron chi connectivity index (χ3n) is 2.98. The summed E-state index contributed by atoms with van der Waals surface area (Å²) >= 11 is 0. The fourth-order valence-corrected chi connectivity index (χ4v) is 1.84. The number of benzene rings is 1. The second-order valence-electron chi connectivity index (χ2n) is 4.40. The van der Waals surface area contributed by atoms with Gasteiger partial charge in [-0.3, -0.25) is 0 Å². The average molecular weight is 281 g/mol. The molecular weight excluding hydrogens is 267 g/mol. The minimum absolute atomic E-state index is 0.0103.